The molecule has 3 aromatic rings. The highest BCUT2D eigenvalue weighted by atomic mass is 19.4. The van der Waals surface area contributed by atoms with Crippen LogP contribution in [-0.2, 0) is 22.1 Å². The number of carbonyl (C=O) groups excluding carboxylic acids is 1. The number of hydrogen-bond donors (Lipinski definition) is 2. The van der Waals surface area contributed by atoms with Gasteiger partial charge < -0.3 is 19.9 Å². The first kappa shape index (κ1) is 30.4. The minimum atomic E-state index is -4.33. The third kappa shape index (κ3) is 7.48. The van der Waals surface area contributed by atoms with E-state index in [4.69, 9.17) is 4.74 Å². The van der Waals surface area contributed by atoms with Crippen molar-refractivity contribution in [3.05, 3.63) is 59.8 Å². The van der Waals surface area contributed by atoms with Gasteiger partial charge in [0, 0.05) is 61.2 Å². The Morgan fingerprint density at radius 2 is 1.88 bits per heavy atom. The van der Waals surface area contributed by atoms with Gasteiger partial charge >= 0.3 is 6.18 Å². The van der Waals surface area contributed by atoms with E-state index in [0.29, 0.717) is 36.5 Å². The van der Waals surface area contributed by atoms with Crippen LogP contribution in [0.15, 0.2) is 48.7 Å². The topological polar surface area (TPSA) is 60.6 Å². The number of anilines is 2. The van der Waals surface area contributed by atoms with E-state index in [1.54, 1.807) is 6.07 Å². The fourth-order valence-electron chi connectivity index (χ4n) is 6.54. The van der Waals surface area contributed by atoms with Crippen LogP contribution in [0.25, 0.3) is 10.9 Å². The fourth-order valence-corrected chi connectivity index (χ4v) is 6.54. The van der Waals surface area contributed by atoms with E-state index in [1.165, 1.54) is 24.1 Å². The van der Waals surface area contributed by atoms with E-state index >= 15 is 0 Å². The Morgan fingerprint density at radius 3 is 2.62 bits per heavy atom. The lowest BCUT2D eigenvalue weighted by atomic mass is 9.75. The number of benzene rings is 2. The number of nitrogens with zero attached hydrogens (tertiary/aromatic N) is 2. The summed E-state index contributed by atoms with van der Waals surface area (Å²) in [5, 5.41) is 4.10. The highest BCUT2D eigenvalue weighted by Gasteiger charge is 2.32. The van der Waals surface area contributed by atoms with Gasteiger partial charge in [-0.1, -0.05) is 33.3 Å². The van der Waals surface area contributed by atoms with Crippen LogP contribution in [0.2, 0.25) is 0 Å². The van der Waals surface area contributed by atoms with E-state index in [1.807, 2.05) is 29.3 Å². The van der Waals surface area contributed by atoms with Gasteiger partial charge in [-0.25, -0.2) is 0 Å². The molecular formula is C33H43F3N4O2. The van der Waals surface area contributed by atoms with Gasteiger partial charge in [-0.2, -0.15) is 13.2 Å². The van der Waals surface area contributed by atoms with Gasteiger partial charge in [-0.05, 0) is 79.0 Å². The maximum atomic E-state index is 13.1. The number of H-pyrrole nitrogens is 1. The van der Waals surface area contributed by atoms with Crippen LogP contribution in [0.3, 0.4) is 0 Å². The van der Waals surface area contributed by atoms with E-state index in [0.717, 1.165) is 61.6 Å². The molecule has 6 nitrogen and oxygen atoms in total. The standard InChI is InChI=1S/C33H43F3N4O2/c1-22(2)28-9-7-23(3)17-31(28)42-21-32(41)38-26-8-10-30-29(19-26)24(20-37-30)11-12-39-13-15-40(16-14-39)27-6-4-5-25(18-27)33(34,35)36/h4-6,8,10,18-20,22-23,28,31,37H,7,9,11-17,21H2,1-3H3,(H,38,41)/t23-,28+,31-/m1/s1. The van der Waals surface area contributed by atoms with Crippen molar-refractivity contribution >= 4 is 28.2 Å². The molecule has 2 N–H and O–H groups in total. The lowest BCUT2D eigenvalue weighted by molar-refractivity contribution is -0.137. The number of alkyl halides is 3. The summed E-state index contributed by atoms with van der Waals surface area (Å²) in [4.78, 5) is 20.5. The Kier molecular flexibility index (Phi) is 9.47. The summed E-state index contributed by atoms with van der Waals surface area (Å²) in [6, 6.07) is 11.5. The van der Waals surface area contributed by atoms with Crippen molar-refractivity contribution in [2.45, 2.75) is 58.7 Å². The zero-order valence-corrected chi connectivity index (χ0v) is 24.8. The largest absolute Gasteiger partial charge is 0.416 e. The van der Waals surface area contributed by atoms with Gasteiger partial charge in [-0.3, -0.25) is 9.69 Å². The fraction of sp³-hybridized carbons (Fsp3) is 0.545. The Labute approximate surface area is 246 Å². The number of halogens is 3. The first-order valence-electron chi connectivity index (χ1n) is 15.2. The molecule has 1 amide bonds. The molecule has 1 aliphatic heterocycles. The summed E-state index contributed by atoms with van der Waals surface area (Å²) in [6.45, 7) is 10.6. The number of piperazine rings is 1. The first-order chi connectivity index (χ1) is 20.1. The Balaban J connectivity index is 1.12. The summed E-state index contributed by atoms with van der Waals surface area (Å²) >= 11 is 0. The molecule has 2 heterocycles. The van der Waals surface area contributed by atoms with Crippen molar-refractivity contribution in [1.82, 2.24) is 9.88 Å². The number of fused-ring (bicyclic) bond motifs is 1. The molecule has 0 bridgehead atoms. The van der Waals surface area contributed by atoms with Crippen LogP contribution in [0, 0.1) is 17.8 Å². The highest BCUT2D eigenvalue weighted by Crippen LogP contribution is 2.35. The molecule has 42 heavy (non-hydrogen) atoms. The van der Waals surface area contributed by atoms with Crippen molar-refractivity contribution in [2.24, 2.45) is 17.8 Å². The second-order valence-corrected chi connectivity index (χ2v) is 12.4. The SMILES string of the molecule is CC(C)[C@@H]1CC[C@@H](C)C[C@H]1OCC(=O)Nc1ccc2[nH]cc(CCN3CCN(c4cccc(C(F)(F)F)c4)CC3)c2c1. The molecule has 0 radical (unpaired) electrons. The maximum absolute atomic E-state index is 13.1. The summed E-state index contributed by atoms with van der Waals surface area (Å²) < 4.78 is 45.5. The van der Waals surface area contributed by atoms with Crippen molar-refractivity contribution in [1.29, 1.82) is 0 Å². The third-order valence-corrected chi connectivity index (χ3v) is 9.05. The lowest BCUT2D eigenvalue weighted by Gasteiger charge is -2.37. The first-order valence-corrected chi connectivity index (χ1v) is 15.2. The molecule has 1 saturated carbocycles. The highest BCUT2D eigenvalue weighted by molar-refractivity contribution is 5.95. The van der Waals surface area contributed by atoms with Gasteiger partial charge in [-0.15, -0.1) is 0 Å². The predicted octanol–water partition coefficient (Wildman–Crippen LogP) is 6.97. The number of aromatic nitrogens is 1. The molecule has 2 aromatic carbocycles. The van der Waals surface area contributed by atoms with Gasteiger partial charge in [0.05, 0.1) is 11.7 Å². The van der Waals surface area contributed by atoms with Gasteiger partial charge in [0.15, 0.2) is 0 Å². The molecular weight excluding hydrogens is 541 g/mol. The molecule has 228 valence electrons. The summed E-state index contributed by atoms with van der Waals surface area (Å²) in [7, 11) is 0. The second kappa shape index (κ2) is 13.1. The van der Waals surface area contributed by atoms with Crippen LogP contribution in [0.5, 0.6) is 0 Å². The van der Waals surface area contributed by atoms with Crippen molar-refractivity contribution < 1.29 is 22.7 Å². The minimum absolute atomic E-state index is 0.0606. The van der Waals surface area contributed by atoms with Crippen LogP contribution in [-0.4, -0.2) is 61.2 Å². The third-order valence-electron chi connectivity index (χ3n) is 9.05. The molecule has 3 atom stereocenters. The van der Waals surface area contributed by atoms with Gasteiger partial charge in [0.25, 0.3) is 0 Å². The van der Waals surface area contributed by atoms with Crippen LogP contribution < -0.4 is 10.2 Å². The Morgan fingerprint density at radius 1 is 1.10 bits per heavy atom. The second-order valence-electron chi connectivity index (χ2n) is 12.4. The van der Waals surface area contributed by atoms with E-state index in [-0.39, 0.29) is 18.6 Å². The zero-order valence-electron chi connectivity index (χ0n) is 24.8. The average Bonchev–Trinajstić information content (AvgIpc) is 3.37. The summed E-state index contributed by atoms with van der Waals surface area (Å²) in [5.74, 6) is 1.53. The van der Waals surface area contributed by atoms with E-state index in [9.17, 15) is 18.0 Å². The molecule has 1 aromatic heterocycles. The molecule has 9 heteroatoms. The zero-order chi connectivity index (χ0) is 29.9. The van der Waals surface area contributed by atoms with Crippen molar-refractivity contribution in [3.63, 3.8) is 0 Å². The molecule has 0 spiro atoms. The number of hydrogen-bond acceptors (Lipinski definition) is 4. The van der Waals surface area contributed by atoms with E-state index < -0.39 is 11.7 Å². The van der Waals surface area contributed by atoms with Gasteiger partial charge in [0.2, 0.25) is 5.91 Å². The number of ether oxygens (including phenoxy) is 1. The van der Waals surface area contributed by atoms with Crippen molar-refractivity contribution in [2.75, 3.05) is 49.5 Å². The smallest absolute Gasteiger partial charge is 0.369 e. The number of aromatic amines is 1. The molecule has 0 unspecified atom stereocenters. The van der Waals surface area contributed by atoms with Crippen molar-refractivity contribution in [3.8, 4) is 0 Å². The van der Waals surface area contributed by atoms with Crippen LogP contribution >= 0.6 is 0 Å². The van der Waals surface area contributed by atoms with Gasteiger partial charge in [0.1, 0.15) is 6.61 Å². The molecule has 1 saturated heterocycles. The molecule has 2 aliphatic rings. The Bertz CT molecular complexity index is 1350. The quantitative estimate of drug-likeness (QED) is 0.285. The monoisotopic (exact) mass is 584 g/mol. The Hall–Kier alpha value is -3.04. The average molecular weight is 585 g/mol. The molecule has 5 rings (SSSR count). The normalized spacial score (nSPS) is 22.2. The predicted molar refractivity (Wildman–Crippen MR) is 162 cm³/mol. The van der Waals surface area contributed by atoms with Crippen LogP contribution in [0.1, 0.15) is 51.2 Å². The summed E-state index contributed by atoms with van der Waals surface area (Å²) in [5.41, 5.74) is 2.96. The summed E-state index contributed by atoms with van der Waals surface area (Å²) in [6.07, 6.45) is 2.04. The number of carbonyl (C=O) groups is 1. The number of nitrogens with one attached hydrogen (secondary N) is 2. The number of rotatable bonds is 9. The minimum Gasteiger partial charge on any atom is -0.369 e. The molecule has 2 fully saturated rings. The number of amides is 1. The van der Waals surface area contributed by atoms with Crippen LogP contribution in [0.4, 0.5) is 24.5 Å². The van der Waals surface area contributed by atoms with E-state index in [2.05, 4.69) is 36.0 Å². The maximum Gasteiger partial charge on any atom is 0.416 e. The lowest BCUT2D eigenvalue weighted by Crippen LogP contribution is -2.47. The molecule has 1 aliphatic carbocycles.